The van der Waals surface area contributed by atoms with Gasteiger partial charge < -0.3 is 10.2 Å². The number of carbonyl (C=O) groups is 1. The molecule has 2 heterocycles. The molecule has 1 aliphatic heterocycles. The van der Waals surface area contributed by atoms with Gasteiger partial charge in [-0.1, -0.05) is 36.9 Å². The SMILES string of the molecule is Cc1ccccc1-n1nnnc1SCC(=O)Nc1ccc(N2CCC(C)CC2)cc1. The van der Waals surface area contributed by atoms with E-state index in [1.807, 2.05) is 43.3 Å². The lowest BCUT2D eigenvalue weighted by atomic mass is 9.99. The summed E-state index contributed by atoms with van der Waals surface area (Å²) in [4.78, 5) is 14.8. The summed E-state index contributed by atoms with van der Waals surface area (Å²) in [5, 5.41) is 15.4. The van der Waals surface area contributed by atoms with E-state index in [4.69, 9.17) is 0 Å². The van der Waals surface area contributed by atoms with E-state index in [1.54, 1.807) is 4.68 Å². The number of anilines is 2. The van der Waals surface area contributed by atoms with Crippen LogP contribution in [0, 0.1) is 12.8 Å². The Morgan fingerprint density at radius 3 is 2.60 bits per heavy atom. The Hall–Kier alpha value is -2.87. The Morgan fingerprint density at radius 1 is 1.13 bits per heavy atom. The molecular formula is C22H26N6OS. The Labute approximate surface area is 180 Å². The molecule has 1 amide bonds. The van der Waals surface area contributed by atoms with E-state index >= 15 is 0 Å². The van der Waals surface area contributed by atoms with Gasteiger partial charge in [-0.05, 0) is 72.0 Å². The van der Waals surface area contributed by atoms with Crippen molar-refractivity contribution >= 4 is 29.0 Å². The lowest BCUT2D eigenvalue weighted by Crippen LogP contribution is -2.32. The lowest BCUT2D eigenvalue weighted by Gasteiger charge is -2.32. The first-order chi connectivity index (χ1) is 14.6. The molecule has 0 bridgehead atoms. The van der Waals surface area contributed by atoms with Gasteiger partial charge in [-0.15, -0.1) is 5.10 Å². The Bertz CT molecular complexity index is 995. The van der Waals surface area contributed by atoms with Crippen LogP contribution in [0.25, 0.3) is 5.69 Å². The fraction of sp³-hybridized carbons (Fsp3) is 0.364. The quantitative estimate of drug-likeness (QED) is 0.607. The average molecular weight is 423 g/mol. The van der Waals surface area contributed by atoms with Crippen LogP contribution < -0.4 is 10.2 Å². The number of aromatic nitrogens is 4. The third-order valence-electron chi connectivity index (χ3n) is 5.42. The molecule has 0 spiro atoms. The molecular weight excluding hydrogens is 396 g/mol. The molecule has 0 aliphatic carbocycles. The van der Waals surface area contributed by atoms with Crippen LogP contribution in [0.3, 0.4) is 0 Å². The van der Waals surface area contributed by atoms with Crippen LogP contribution in [0.4, 0.5) is 11.4 Å². The second-order valence-electron chi connectivity index (χ2n) is 7.71. The van der Waals surface area contributed by atoms with Crippen molar-refractivity contribution in [1.29, 1.82) is 0 Å². The molecule has 156 valence electrons. The van der Waals surface area contributed by atoms with Crippen LogP contribution in [0.2, 0.25) is 0 Å². The molecule has 1 fully saturated rings. The molecule has 1 N–H and O–H groups in total. The maximum absolute atomic E-state index is 12.4. The fourth-order valence-electron chi connectivity index (χ4n) is 3.57. The van der Waals surface area contributed by atoms with E-state index in [2.05, 4.69) is 44.8 Å². The number of tetrazole rings is 1. The Kier molecular flexibility index (Phi) is 6.32. The number of para-hydroxylation sites is 1. The molecule has 7 nitrogen and oxygen atoms in total. The Balaban J connectivity index is 1.33. The van der Waals surface area contributed by atoms with Crippen molar-refractivity contribution in [3.8, 4) is 5.69 Å². The minimum absolute atomic E-state index is 0.0844. The van der Waals surface area contributed by atoms with Crippen LogP contribution in [-0.2, 0) is 4.79 Å². The number of carbonyl (C=O) groups excluding carboxylic acids is 1. The summed E-state index contributed by atoms with van der Waals surface area (Å²) in [6.45, 7) is 6.51. The van der Waals surface area contributed by atoms with Gasteiger partial charge in [-0.3, -0.25) is 4.79 Å². The van der Waals surface area contributed by atoms with Crippen molar-refractivity contribution in [2.45, 2.75) is 31.8 Å². The number of hydrogen-bond acceptors (Lipinski definition) is 6. The average Bonchev–Trinajstić information content (AvgIpc) is 3.22. The van der Waals surface area contributed by atoms with Crippen molar-refractivity contribution in [3.05, 3.63) is 54.1 Å². The molecule has 1 aliphatic rings. The minimum Gasteiger partial charge on any atom is -0.372 e. The Morgan fingerprint density at radius 2 is 1.87 bits per heavy atom. The zero-order chi connectivity index (χ0) is 20.9. The second-order valence-corrected chi connectivity index (χ2v) is 8.66. The van der Waals surface area contributed by atoms with Crippen molar-refractivity contribution in [3.63, 3.8) is 0 Å². The maximum atomic E-state index is 12.4. The summed E-state index contributed by atoms with van der Waals surface area (Å²) < 4.78 is 1.67. The third-order valence-corrected chi connectivity index (χ3v) is 6.34. The molecule has 30 heavy (non-hydrogen) atoms. The largest absolute Gasteiger partial charge is 0.372 e. The van der Waals surface area contributed by atoms with Crippen molar-refractivity contribution < 1.29 is 4.79 Å². The van der Waals surface area contributed by atoms with Crippen LogP contribution in [0.1, 0.15) is 25.3 Å². The van der Waals surface area contributed by atoms with Gasteiger partial charge >= 0.3 is 0 Å². The third kappa shape index (κ3) is 4.81. The number of piperidine rings is 1. The van der Waals surface area contributed by atoms with Crippen molar-refractivity contribution in [1.82, 2.24) is 20.2 Å². The highest BCUT2D eigenvalue weighted by Crippen LogP contribution is 2.25. The summed E-state index contributed by atoms with van der Waals surface area (Å²) >= 11 is 1.32. The molecule has 8 heteroatoms. The second kappa shape index (κ2) is 9.30. The molecule has 4 rings (SSSR count). The molecule has 0 radical (unpaired) electrons. The number of nitrogens with zero attached hydrogens (tertiary/aromatic N) is 5. The van der Waals surface area contributed by atoms with Gasteiger partial charge in [0.1, 0.15) is 0 Å². The molecule has 2 aromatic carbocycles. The number of benzene rings is 2. The summed E-state index contributed by atoms with van der Waals surface area (Å²) in [6, 6.07) is 16.0. The normalized spacial score (nSPS) is 14.7. The highest BCUT2D eigenvalue weighted by atomic mass is 32.2. The molecule has 0 unspecified atom stereocenters. The van der Waals surface area contributed by atoms with E-state index in [-0.39, 0.29) is 11.7 Å². The van der Waals surface area contributed by atoms with E-state index < -0.39 is 0 Å². The number of nitrogens with one attached hydrogen (secondary N) is 1. The maximum Gasteiger partial charge on any atom is 0.234 e. The first-order valence-electron chi connectivity index (χ1n) is 10.2. The highest BCUT2D eigenvalue weighted by molar-refractivity contribution is 7.99. The smallest absolute Gasteiger partial charge is 0.234 e. The topological polar surface area (TPSA) is 75.9 Å². The van der Waals surface area contributed by atoms with E-state index in [1.165, 1.54) is 30.3 Å². The number of amides is 1. The van der Waals surface area contributed by atoms with Crippen LogP contribution >= 0.6 is 11.8 Å². The molecule has 3 aromatic rings. The number of hydrogen-bond donors (Lipinski definition) is 1. The van der Waals surface area contributed by atoms with Crippen molar-refractivity contribution in [2.24, 2.45) is 5.92 Å². The number of rotatable bonds is 6. The monoisotopic (exact) mass is 422 g/mol. The van der Waals surface area contributed by atoms with E-state index in [0.717, 1.165) is 35.9 Å². The number of aryl methyl sites for hydroxylation is 1. The predicted molar refractivity (Wildman–Crippen MR) is 120 cm³/mol. The number of thioether (sulfide) groups is 1. The van der Waals surface area contributed by atoms with Gasteiger partial charge in [0.15, 0.2) is 0 Å². The van der Waals surface area contributed by atoms with Crippen molar-refractivity contribution in [2.75, 3.05) is 29.1 Å². The molecule has 0 atom stereocenters. The lowest BCUT2D eigenvalue weighted by molar-refractivity contribution is -0.113. The van der Waals surface area contributed by atoms with E-state index in [9.17, 15) is 4.79 Å². The minimum atomic E-state index is -0.0844. The zero-order valence-electron chi connectivity index (χ0n) is 17.3. The molecule has 0 saturated carbocycles. The molecule has 1 saturated heterocycles. The fourth-order valence-corrected chi connectivity index (χ4v) is 4.25. The summed E-state index contributed by atoms with van der Waals surface area (Å²) in [5.41, 5.74) is 3.99. The van der Waals surface area contributed by atoms with Crippen LogP contribution in [0.15, 0.2) is 53.7 Å². The standard InChI is InChI=1S/C22H26N6OS/c1-16-11-13-27(14-12-16)19-9-7-18(8-10-19)23-21(29)15-30-22-24-25-26-28(22)20-6-4-3-5-17(20)2/h3-10,16H,11-15H2,1-2H3,(H,23,29). The van der Waals surface area contributed by atoms with Crippen LogP contribution in [0.5, 0.6) is 0 Å². The van der Waals surface area contributed by atoms with Gasteiger partial charge in [-0.2, -0.15) is 4.68 Å². The first-order valence-corrected chi connectivity index (χ1v) is 11.2. The van der Waals surface area contributed by atoms with Gasteiger partial charge in [0, 0.05) is 24.5 Å². The van der Waals surface area contributed by atoms with Crippen LogP contribution in [-0.4, -0.2) is 45.0 Å². The summed E-state index contributed by atoms with van der Waals surface area (Å²) in [7, 11) is 0. The van der Waals surface area contributed by atoms with Gasteiger partial charge in [-0.25, -0.2) is 0 Å². The van der Waals surface area contributed by atoms with Gasteiger partial charge in [0.2, 0.25) is 11.1 Å². The summed E-state index contributed by atoms with van der Waals surface area (Å²) in [5.74, 6) is 0.959. The predicted octanol–water partition coefficient (Wildman–Crippen LogP) is 3.94. The summed E-state index contributed by atoms with van der Waals surface area (Å²) in [6.07, 6.45) is 2.47. The van der Waals surface area contributed by atoms with Gasteiger partial charge in [0.25, 0.3) is 0 Å². The van der Waals surface area contributed by atoms with E-state index in [0.29, 0.717) is 5.16 Å². The molecule has 1 aromatic heterocycles. The van der Waals surface area contributed by atoms with Gasteiger partial charge in [0.05, 0.1) is 11.4 Å². The highest BCUT2D eigenvalue weighted by Gasteiger charge is 2.16. The first kappa shape index (κ1) is 20.4. The zero-order valence-corrected chi connectivity index (χ0v) is 18.1.